The molecule has 0 bridgehead atoms. The minimum atomic E-state index is -5.14. The van der Waals surface area contributed by atoms with Gasteiger partial charge in [0.25, 0.3) is 0 Å². The molecule has 188 valence electrons. The number of nitrogens with zero attached hydrogens (tertiary/aromatic N) is 4. The highest BCUT2D eigenvalue weighted by atomic mass is 35.5. The molecule has 4 rings (SSSR count). The minimum Gasteiger partial charge on any atom is -0.339 e. The van der Waals surface area contributed by atoms with Crippen LogP contribution >= 0.6 is 11.6 Å². The Labute approximate surface area is 208 Å². The molecule has 0 radical (unpaired) electrons. The number of terminal acetylenes is 1. The Morgan fingerprint density at radius 1 is 1.36 bits per heavy atom. The van der Waals surface area contributed by atoms with Crippen molar-refractivity contribution >= 4 is 40.2 Å². The van der Waals surface area contributed by atoms with Crippen LogP contribution in [0.15, 0.2) is 18.6 Å². The van der Waals surface area contributed by atoms with Crippen LogP contribution in [0, 0.1) is 41.0 Å². The van der Waals surface area contributed by atoms with Gasteiger partial charge in [0.15, 0.2) is 0 Å². The van der Waals surface area contributed by atoms with Gasteiger partial charge in [-0.2, -0.15) is 18.4 Å². The number of amides is 3. The van der Waals surface area contributed by atoms with E-state index in [0.717, 1.165) is 4.90 Å². The maximum atomic E-state index is 13.4. The van der Waals surface area contributed by atoms with Gasteiger partial charge in [0, 0.05) is 42.1 Å². The van der Waals surface area contributed by atoms with E-state index in [1.165, 1.54) is 23.2 Å². The summed E-state index contributed by atoms with van der Waals surface area (Å²) in [5.41, 5.74) is 0.403. The fourth-order valence-electron chi connectivity index (χ4n) is 5.08. The zero-order valence-corrected chi connectivity index (χ0v) is 19.8. The molecule has 1 saturated heterocycles. The SMILES string of the molecule is C#Cn1cc(Cl)c2cncc(C(C#N)NC(=O)[C@@H]3[C@@H]4C(CN3C(=O)CNC(=O)C(F)(F)F)C4(C)C)c21. The molecular formula is C23H20ClF3N6O3. The van der Waals surface area contributed by atoms with Gasteiger partial charge in [-0.1, -0.05) is 31.9 Å². The van der Waals surface area contributed by atoms with Crippen LogP contribution in [0.1, 0.15) is 25.5 Å². The highest BCUT2D eigenvalue weighted by Crippen LogP contribution is 2.64. The van der Waals surface area contributed by atoms with Gasteiger partial charge in [0.2, 0.25) is 11.8 Å². The van der Waals surface area contributed by atoms with Gasteiger partial charge in [-0.25, -0.2) is 0 Å². The number of likely N-dealkylation sites (tertiary alicyclic amines) is 1. The number of carbonyl (C=O) groups excluding carboxylic acids is 3. The smallest absolute Gasteiger partial charge is 0.339 e. The number of halogens is 4. The topological polar surface area (TPSA) is 120 Å². The second-order valence-corrected chi connectivity index (χ2v) is 9.70. The normalized spacial score (nSPS) is 22.8. The summed E-state index contributed by atoms with van der Waals surface area (Å²) in [7, 11) is 0. The first-order valence-electron chi connectivity index (χ1n) is 10.8. The standard InChI is InChI=1S/C23H20ClF3N6O3/c1-4-32-10-14(24)11-6-29-7-12(18(11)32)15(5-28)31-20(35)19-17-13(22(17,2)3)9-33(19)16(34)8-30-21(36)23(25,26)27/h1,6-7,10,13,15,17,19H,8-9H2,2-3H3,(H,30,36)(H,31,35)/t13?,15?,17-,19-/m0/s1. The number of piperidine rings is 1. The van der Waals surface area contributed by atoms with Gasteiger partial charge in [0.1, 0.15) is 12.1 Å². The summed E-state index contributed by atoms with van der Waals surface area (Å²) in [4.78, 5) is 42.5. The van der Waals surface area contributed by atoms with Gasteiger partial charge in [-0.15, -0.1) is 0 Å². The van der Waals surface area contributed by atoms with Crippen molar-refractivity contribution in [2.75, 3.05) is 13.1 Å². The molecule has 36 heavy (non-hydrogen) atoms. The van der Waals surface area contributed by atoms with Crippen LogP contribution in [0.4, 0.5) is 13.2 Å². The lowest BCUT2D eigenvalue weighted by molar-refractivity contribution is -0.174. The summed E-state index contributed by atoms with van der Waals surface area (Å²) in [6, 6.07) is 2.16. The van der Waals surface area contributed by atoms with E-state index in [-0.39, 0.29) is 29.4 Å². The molecule has 2 N–H and O–H groups in total. The summed E-state index contributed by atoms with van der Waals surface area (Å²) in [5, 5.41) is 14.8. The number of aromatic nitrogens is 2. The molecule has 3 amide bonds. The van der Waals surface area contributed by atoms with E-state index in [2.05, 4.69) is 16.3 Å². The maximum absolute atomic E-state index is 13.4. The van der Waals surface area contributed by atoms with Crippen LogP contribution in [0.3, 0.4) is 0 Å². The summed E-state index contributed by atoms with van der Waals surface area (Å²) < 4.78 is 38.9. The van der Waals surface area contributed by atoms with Crippen molar-refractivity contribution in [2.45, 2.75) is 32.1 Å². The molecule has 2 unspecified atom stereocenters. The second-order valence-electron chi connectivity index (χ2n) is 9.30. The van der Waals surface area contributed by atoms with E-state index in [1.807, 2.05) is 19.9 Å². The van der Waals surface area contributed by atoms with E-state index in [4.69, 9.17) is 18.0 Å². The van der Waals surface area contributed by atoms with Crippen molar-refractivity contribution in [3.05, 3.63) is 29.2 Å². The first kappa shape index (κ1) is 25.3. The molecule has 0 aromatic carbocycles. The Bertz CT molecular complexity index is 1360. The zero-order valence-electron chi connectivity index (χ0n) is 19.1. The summed E-state index contributed by atoms with van der Waals surface area (Å²) in [6.07, 6.45) is 4.71. The van der Waals surface area contributed by atoms with E-state index in [1.54, 1.807) is 5.32 Å². The Balaban J connectivity index is 1.58. The lowest BCUT2D eigenvalue weighted by Gasteiger charge is -2.30. The third kappa shape index (κ3) is 4.11. The van der Waals surface area contributed by atoms with Crippen molar-refractivity contribution in [1.82, 2.24) is 25.1 Å². The van der Waals surface area contributed by atoms with Gasteiger partial charge < -0.3 is 15.5 Å². The van der Waals surface area contributed by atoms with Crippen molar-refractivity contribution in [3.8, 4) is 18.5 Å². The summed E-state index contributed by atoms with van der Waals surface area (Å²) >= 11 is 6.20. The highest BCUT2D eigenvalue weighted by Gasteiger charge is 2.69. The fraction of sp³-hybridized carbons (Fsp3) is 0.435. The molecule has 2 aromatic rings. The third-order valence-corrected chi connectivity index (χ3v) is 7.31. The molecule has 2 fully saturated rings. The van der Waals surface area contributed by atoms with Crippen molar-refractivity contribution in [2.24, 2.45) is 17.3 Å². The molecule has 2 aromatic heterocycles. The Hall–Kier alpha value is -3.77. The Morgan fingerprint density at radius 3 is 2.67 bits per heavy atom. The van der Waals surface area contributed by atoms with Gasteiger partial charge in [-0.05, 0) is 17.3 Å². The number of alkyl halides is 3. The average molecular weight is 521 g/mol. The fourth-order valence-corrected chi connectivity index (χ4v) is 5.32. The molecule has 9 nitrogen and oxygen atoms in total. The monoisotopic (exact) mass is 520 g/mol. The van der Waals surface area contributed by atoms with E-state index >= 15 is 0 Å². The summed E-state index contributed by atoms with van der Waals surface area (Å²) in [6.45, 7) is 3.07. The first-order chi connectivity index (χ1) is 16.8. The average Bonchev–Trinajstić information content (AvgIpc) is 3.15. The number of hydrogen-bond acceptors (Lipinski definition) is 5. The quantitative estimate of drug-likeness (QED) is 0.584. The molecule has 0 spiro atoms. The van der Waals surface area contributed by atoms with Crippen LogP contribution in [-0.2, 0) is 14.4 Å². The number of nitrogens with one attached hydrogen (secondary N) is 2. The van der Waals surface area contributed by atoms with Crippen LogP contribution in [0.25, 0.3) is 10.9 Å². The van der Waals surface area contributed by atoms with Gasteiger partial charge >= 0.3 is 12.1 Å². The van der Waals surface area contributed by atoms with Crippen LogP contribution in [0.2, 0.25) is 5.02 Å². The number of nitriles is 1. The predicted octanol–water partition coefficient (Wildman–Crippen LogP) is 1.97. The molecule has 13 heteroatoms. The number of fused-ring (bicyclic) bond motifs is 2. The minimum absolute atomic E-state index is 0.0568. The molecular weight excluding hydrogens is 501 g/mol. The Morgan fingerprint density at radius 2 is 2.06 bits per heavy atom. The van der Waals surface area contributed by atoms with Gasteiger partial charge in [0.05, 0.1) is 23.2 Å². The number of hydrogen-bond donors (Lipinski definition) is 2. The first-order valence-corrected chi connectivity index (χ1v) is 11.2. The number of pyridine rings is 1. The van der Waals surface area contributed by atoms with E-state index < -0.39 is 42.5 Å². The number of carbonyl (C=O) groups is 3. The van der Waals surface area contributed by atoms with Crippen molar-refractivity contribution in [1.29, 1.82) is 5.26 Å². The van der Waals surface area contributed by atoms with Crippen LogP contribution in [0.5, 0.6) is 0 Å². The maximum Gasteiger partial charge on any atom is 0.471 e. The molecule has 1 aliphatic heterocycles. The molecule has 1 aliphatic carbocycles. The van der Waals surface area contributed by atoms with Crippen molar-refractivity contribution < 1.29 is 27.6 Å². The third-order valence-electron chi connectivity index (χ3n) is 7.01. The predicted molar refractivity (Wildman–Crippen MR) is 121 cm³/mol. The lowest BCUT2D eigenvalue weighted by atomic mass is 9.99. The molecule has 1 saturated carbocycles. The van der Waals surface area contributed by atoms with Crippen molar-refractivity contribution in [3.63, 3.8) is 0 Å². The second kappa shape index (κ2) is 8.71. The Kier molecular flexibility index (Phi) is 6.13. The molecule has 4 atom stereocenters. The molecule has 2 aliphatic rings. The van der Waals surface area contributed by atoms with E-state index in [9.17, 15) is 32.8 Å². The highest BCUT2D eigenvalue weighted by molar-refractivity contribution is 6.35. The lowest BCUT2D eigenvalue weighted by Crippen LogP contribution is -2.53. The zero-order chi connectivity index (χ0) is 26.6. The largest absolute Gasteiger partial charge is 0.471 e. The van der Waals surface area contributed by atoms with Crippen LogP contribution < -0.4 is 10.6 Å². The van der Waals surface area contributed by atoms with E-state index in [0.29, 0.717) is 15.9 Å². The summed E-state index contributed by atoms with van der Waals surface area (Å²) in [5.74, 6) is -4.06. The molecule has 3 heterocycles. The van der Waals surface area contributed by atoms with Gasteiger partial charge in [-0.3, -0.25) is 23.9 Å². The van der Waals surface area contributed by atoms with Crippen LogP contribution in [-0.4, -0.2) is 57.5 Å². The number of rotatable bonds is 5.